The molecular weight excluding hydrogens is 350 g/mol. The highest BCUT2D eigenvalue weighted by atomic mass is 32.2. The van der Waals surface area contributed by atoms with E-state index in [2.05, 4.69) is 10.3 Å². The van der Waals surface area contributed by atoms with Crippen molar-refractivity contribution < 1.29 is 14.3 Å². The molecule has 7 heteroatoms. The SMILES string of the molecule is COC(=O)n1cc(C(=O)C2CSC(c3cccnc3)N2)c2ccccc21. The maximum Gasteiger partial charge on any atom is 0.418 e. The van der Waals surface area contributed by atoms with Crippen molar-refractivity contribution in [2.24, 2.45) is 0 Å². The van der Waals surface area contributed by atoms with Crippen LogP contribution in [-0.4, -0.2) is 40.3 Å². The number of carbonyl (C=O) groups is 2. The van der Waals surface area contributed by atoms with Crippen molar-refractivity contribution in [2.75, 3.05) is 12.9 Å². The molecule has 2 atom stereocenters. The summed E-state index contributed by atoms with van der Waals surface area (Å²) in [6, 6.07) is 10.9. The van der Waals surface area contributed by atoms with Gasteiger partial charge in [-0.2, -0.15) is 0 Å². The number of para-hydroxylation sites is 1. The van der Waals surface area contributed by atoms with Crippen LogP contribution in [0.15, 0.2) is 55.0 Å². The molecule has 1 aromatic carbocycles. The molecule has 3 heterocycles. The molecule has 26 heavy (non-hydrogen) atoms. The largest absolute Gasteiger partial charge is 0.452 e. The van der Waals surface area contributed by atoms with Gasteiger partial charge in [-0.25, -0.2) is 4.79 Å². The smallest absolute Gasteiger partial charge is 0.418 e. The van der Waals surface area contributed by atoms with Gasteiger partial charge < -0.3 is 4.74 Å². The first-order valence-electron chi connectivity index (χ1n) is 8.19. The normalized spacial score (nSPS) is 19.6. The van der Waals surface area contributed by atoms with Gasteiger partial charge in [0, 0.05) is 35.3 Å². The van der Waals surface area contributed by atoms with Gasteiger partial charge in [0.15, 0.2) is 5.78 Å². The molecule has 1 fully saturated rings. The number of carbonyl (C=O) groups excluding carboxylic acids is 2. The van der Waals surface area contributed by atoms with Crippen LogP contribution in [0.2, 0.25) is 0 Å². The molecular formula is C19H17N3O3S. The monoisotopic (exact) mass is 367 g/mol. The molecule has 0 saturated carbocycles. The van der Waals surface area contributed by atoms with Gasteiger partial charge in [-0.05, 0) is 17.7 Å². The Morgan fingerprint density at radius 3 is 2.88 bits per heavy atom. The van der Waals surface area contributed by atoms with Crippen molar-refractivity contribution >= 4 is 34.5 Å². The Bertz CT molecular complexity index is 971. The molecule has 0 aliphatic carbocycles. The third-order valence-corrected chi connectivity index (χ3v) is 5.70. The number of methoxy groups -OCH3 is 1. The average molecular weight is 367 g/mol. The van der Waals surface area contributed by atoms with E-state index in [-0.39, 0.29) is 17.2 Å². The van der Waals surface area contributed by atoms with Crippen molar-refractivity contribution in [1.82, 2.24) is 14.9 Å². The number of ketones is 1. The van der Waals surface area contributed by atoms with Crippen LogP contribution in [-0.2, 0) is 4.74 Å². The van der Waals surface area contributed by atoms with Crippen LogP contribution in [0.4, 0.5) is 4.79 Å². The van der Waals surface area contributed by atoms with Crippen LogP contribution in [0.1, 0.15) is 21.3 Å². The van der Waals surface area contributed by atoms with Gasteiger partial charge >= 0.3 is 6.09 Å². The summed E-state index contributed by atoms with van der Waals surface area (Å²) in [6.07, 6.45) is 4.60. The lowest BCUT2D eigenvalue weighted by Gasteiger charge is -2.12. The minimum Gasteiger partial charge on any atom is -0.452 e. The van der Waals surface area contributed by atoms with Crippen molar-refractivity contribution in [3.63, 3.8) is 0 Å². The second-order valence-corrected chi connectivity index (χ2v) is 7.12. The number of Topliss-reactive ketones (excluding diaryl/α,β-unsaturated/α-hetero) is 1. The van der Waals surface area contributed by atoms with Crippen LogP contribution in [0.5, 0.6) is 0 Å². The van der Waals surface area contributed by atoms with Crippen molar-refractivity contribution in [3.05, 3.63) is 66.1 Å². The molecule has 1 aliphatic rings. The van der Waals surface area contributed by atoms with E-state index in [0.717, 1.165) is 10.9 Å². The molecule has 0 spiro atoms. The predicted molar refractivity (Wildman–Crippen MR) is 100 cm³/mol. The van der Waals surface area contributed by atoms with E-state index < -0.39 is 6.09 Å². The average Bonchev–Trinajstić information content (AvgIpc) is 3.33. The molecule has 132 valence electrons. The highest BCUT2D eigenvalue weighted by molar-refractivity contribution is 7.99. The highest BCUT2D eigenvalue weighted by Crippen LogP contribution is 2.34. The number of benzene rings is 1. The zero-order valence-corrected chi connectivity index (χ0v) is 14.9. The predicted octanol–water partition coefficient (Wildman–Crippen LogP) is 3.24. The van der Waals surface area contributed by atoms with Crippen LogP contribution in [0.25, 0.3) is 10.9 Å². The summed E-state index contributed by atoms with van der Waals surface area (Å²) in [7, 11) is 1.33. The van der Waals surface area contributed by atoms with Gasteiger partial charge in [0.1, 0.15) is 0 Å². The number of hydrogen-bond donors (Lipinski definition) is 1. The van der Waals surface area contributed by atoms with Crippen molar-refractivity contribution in [2.45, 2.75) is 11.4 Å². The Labute approximate surface area is 154 Å². The molecule has 0 radical (unpaired) electrons. The lowest BCUT2D eigenvalue weighted by atomic mass is 10.0. The van der Waals surface area contributed by atoms with E-state index >= 15 is 0 Å². The number of thioether (sulfide) groups is 1. The Morgan fingerprint density at radius 2 is 2.12 bits per heavy atom. The number of ether oxygens (including phenoxy) is 1. The summed E-state index contributed by atoms with van der Waals surface area (Å²) in [4.78, 5) is 29.3. The number of aromatic nitrogens is 2. The zero-order valence-electron chi connectivity index (χ0n) is 14.1. The summed E-state index contributed by atoms with van der Waals surface area (Å²) >= 11 is 1.68. The van der Waals surface area contributed by atoms with Gasteiger partial charge in [0.25, 0.3) is 0 Å². The van der Waals surface area contributed by atoms with Gasteiger partial charge in [-0.15, -0.1) is 11.8 Å². The van der Waals surface area contributed by atoms with Gasteiger partial charge in [0.2, 0.25) is 0 Å². The zero-order chi connectivity index (χ0) is 18.1. The maximum absolute atomic E-state index is 13.1. The first kappa shape index (κ1) is 16.8. The number of hydrogen-bond acceptors (Lipinski definition) is 6. The number of rotatable bonds is 3. The third-order valence-electron chi connectivity index (χ3n) is 4.43. The molecule has 2 aromatic heterocycles. The quantitative estimate of drug-likeness (QED) is 0.717. The molecule has 3 aromatic rings. The Balaban J connectivity index is 1.64. The first-order valence-corrected chi connectivity index (χ1v) is 9.24. The second-order valence-electron chi connectivity index (χ2n) is 5.98. The third kappa shape index (κ3) is 2.89. The summed E-state index contributed by atoms with van der Waals surface area (Å²) in [5.74, 6) is 0.638. The van der Waals surface area contributed by atoms with Crippen LogP contribution < -0.4 is 5.32 Å². The lowest BCUT2D eigenvalue weighted by Crippen LogP contribution is -2.34. The minimum absolute atomic E-state index is 0.0252. The maximum atomic E-state index is 13.1. The number of nitrogens with zero attached hydrogens (tertiary/aromatic N) is 2. The van der Waals surface area contributed by atoms with E-state index in [4.69, 9.17) is 4.74 Å². The molecule has 6 nitrogen and oxygen atoms in total. The molecule has 4 rings (SSSR count). The fourth-order valence-corrected chi connectivity index (χ4v) is 4.38. The topological polar surface area (TPSA) is 73.2 Å². The summed E-state index contributed by atoms with van der Waals surface area (Å²) < 4.78 is 6.20. The summed E-state index contributed by atoms with van der Waals surface area (Å²) in [5, 5.41) is 4.15. The van der Waals surface area contributed by atoms with Gasteiger partial charge in [-0.3, -0.25) is 19.7 Å². The number of pyridine rings is 1. The molecule has 1 saturated heterocycles. The molecule has 1 N–H and O–H groups in total. The lowest BCUT2D eigenvalue weighted by molar-refractivity contribution is 0.0957. The number of nitrogens with one attached hydrogen (secondary N) is 1. The Kier molecular flexibility index (Phi) is 4.48. The fraction of sp³-hybridized carbons (Fsp3) is 0.211. The molecule has 1 aliphatic heterocycles. The molecule has 2 unspecified atom stereocenters. The number of fused-ring (bicyclic) bond motifs is 1. The van der Waals surface area contributed by atoms with E-state index in [9.17, 15) is 9.59 Å². The summed E-state index contributed by atoms with van der Waals surface area (Å²) in [5.41, 5.74) is 2.23. The highest BCUT2D eigenvalue weighted by Gasteiger charge is 2.33. The van der Waals surface area contributed by atoms with Crippen molar-refractivity contribution in [1.29, 1.82) is 0 Å². The van der Waals surface area contributed by atoms with E-state index in [0.29, 0.717) is 16.8 Å². The van der Waals surface area contributed by atoms with Crippen molar-refractivity contribution in [3.8, 4) is 0 Å². The summed E-state index contributed by atoms with van der Waals surface area (Å²) in [6.45, 7) is 0. The van der Waals surface area contributed by atoms with E-state index in [1.165, 1.54) is 11.7 Å². The van der Waals surface area contributed by atoms with E-state index in [1.807, 2.05) is 30.3 Å². The minimum atomic E-state index is -0.512. The van der Waals surface area contributed by atoms with Crippen LogP contribution >= 0.6 is 11.8 Å². The van der Waals surface area contributed by atoms with E-state index in [1.54, 1.807) is 36.4 Å². The van der Waals surface area contributed by atoms with Crippen LogP contribution in [0.3, 0.4) is 0 Å². The standard InChI is InChI=1S/C19H17N3O3S/c1-25-19(24)22-10-14(13-6-2-3-7-16(13)22)17(23)15-11-26-18(21-15)12-5-4-8-20-9-12/h2-10,15,18,21H,11H2,1H3. The van der Waals surface area contributed by atoms with Gasteiger partial charge in [-0.1, -0.05) is 24.3 Å². The first-order chi connectivity index (χ1) is 12.7. The Morgan fingerprint density at radius 1 is 1.27 bits per heavy atom. The second kappa shape index (κ2) is 6.93. The van der Waals surface area contributed by atoms with Gasteiger partial charge in [0.05, 0.1) is 24.0 Å². The van der Waals surface area contributed by atoms with Crippen LogP contribution in [0, 0.1) is 0 Å². The molecule has 0 amide bonds. The Hall–Kier alpha value is -2.64. The fourth-order valence-electron chi connectivity index (χ4n) is 3.16. The molecule has 0 bridgehead atoms.